The minimum atomic E-state index is -1.33. The largest absolute Gasteiger partial charge is 0.394 e. The summed E-state index contributed by atoms with van der Waals surface area (Å²) in [5.74, 6) is 0.231. The summed E-state index contributed by atoms with van der Waals surface area (Å²) in [7, 11) is 0. The molecule has 1 unspecified atom stereocenters. The van der Waals surface area contributed by atoms with E-state index in [9.17, 15) is 15.0 Å². The van der Waals surface area contributed by atoms with Crippen molar-refractivity contribution in [3.63, 3.8) is 0 Å². The molecule has 10 heteroatoms. The van der Waals surface area contributed by atoms with Gasteiger partial charge in [0.05, 0.1) is 26.2 Å². The average molecular weight is 340 g/mol. The first-order valence-corrected chi connectivity index (χ1v) is 7.68. The highest BCUT2D eigenvalue weighted by Gasteiger charge is 2.43. The van der Waals surface area contributed by atoms with Crippen molar-refractivity contribution in [2.75, 3.05) is 32.9 Å². The van der Waals surface area contributed by atoms with Gasteiger partial charge < -0.3 is 29.7 Å². The van der Waals surface area contributed by atoms with Gasteiger partial charge in [0.1, 0.15) is 18.3 Å². The Hall–Kier alpha value is -1.85. The minimum Gasteiger partial charge on any atom is -0.394 e. The van der Waals surface area contributed by atoms with Gasteiger partial charge in [0.25, 0.3) is 0 Å². The van der Waals surface area contributed by atoms with Gasteiger partial charge in [-0.1, -0.05) is 0 Å². The Balaban J connectivity index is 1.73. The maximum atomic E-state index is 12.1. The van der Waals surface area contributed by atoms with Crippen LogP contribution in [0.4, 0.5) is 5.82 Å². The number of hydrogen-bond acceptors (Lipinski definition) is 8. The zero-order valence-corrected chi connectivity index (χ0v) is 12.9. The second kappa shape index (κ2) is 7.36. The SMILES string of the molecule is O=c1nc(/N=C/N2CCOCC2)ccn1[C@@H]1O[C@H](CO)[C@H](O)C1O. The Kier molecular flexibility index (Phi) is 5.21. The van der Waals surface area contributed by atoms with Gasteiger partial charge in [0, 0.05) is 19.3 Å². The summed E-state index contributed by atoms with van der Waals surface area (Å²) < 4.78 is 11.6. The van der Waals surface area contributed by atoms with Crippen LogP contribution in [0.1, 0.15) is 6.23 Å². The average Bonchev–Trinajstić information content (AvgIpc) is 2.89. The van der Waals surface area contributed by atoms with Crippen LogP contribution in [0.3, 0.4) is 0 Å². The van der Waals surface area contributed by atoms with E-state index in [4.69, 9.17) is 14.6 Å². The molecule has 1 aromatic heterocycles. The van der Waals surface area contributed by atoms with Crippen LogP contribution in [0.5, 0.6) is 0 Å². The maximum Gasteiger partial charge on any atom is 0.351 e. The highest BCUT2D eigenvalue weighted by Crippen LogP contribution is 2.28. The minimum absolute atomic E-state index is 0.231. The van der Waals surface area contributed by atoms with Crippen LogP contribution in [0, 0.1) is 0 Å². The van der Waals surface area contributed by atoms with Gasteiger partial charge in [-0.25, -0.2) is 9.79 Å². The lowest BCUT2D eigenvalue weighted by Crippen LogP contribution is -2.36. The van der Waals surface area contributed by atoms with Crippen molar-refractivity contribution in [1.82, 2.24) is 14.5 Å². The van der Waals surface area contributed by atoms with Gasteiger partial charge in [0.2, 0.25) is 0 Å². The molecule has 2 aliphatic rings. The van der Waals surface area contributed by atoms with Crippen molar-refractivity contribution in [1.29, 1.82) is 0 Å². The van der Waals surface area contributed by atoms with Crippen molar-refractivity contribution in [3.8, 4) is 0 Å². The molecule has 0 aromatic carbocycles. The Morgan fingerprint density at radius 2 is 2.08 bits per heavy atom. The molecule has 4 atom stereocenters. The third kappa shape index (κ3) is 3.47. The van der Waals surface area contributed by atoms with Crippen molar-refractivity contribution in [3.05, 3.63) is 22.7 Å². The van der Waals surface area contributed by atoms with Gasteiger partial charge in [-0.3, -0.25) is 4.57 Å². The van der Waals surface area contributed by atoms with Crippen LogP contribution in [-0.4, -0.2) is 87.3 Å². The molecule has 0 amide bonds. The molecule has 3 N–H and O–H groups in total. The highest BCUT2D eigenvalue weighted by atomic mass is 16.6. The third-order valence-corrected chi connectivity index (χ3v) is 4.01. The zero-order chi connectivity index (χ0) is 17.1. The number of hydrogen-bond donors (Lipinski definition) is 3. The van der Waals surface area contributed by atoms with Crippen LogP contribution in [0.2, 0.25) is 0 Å². The molecule has 24 heavy (non-hydrogen) atoms. The summed E-state index contributed by atoms with van der Waals surface area (Å²) in [5, 5.41) is 28.8. The molecule has 3 heterocycles. The summed E-state index contributed by atoms with van der Waals surface area (Å²) >= 11 is 0. The molecule has 10 nitrogen and oxygen atoms in total. The first-order valence-electron chi connectivity index (χ1n) is 7.68. The second-order valence-corrected chi connectivity index (χ2v) is 5.60. The number of nitrogens with zero attached hydrogens (tertiary/aromatic N) is 4. The standard InChI is InChI=1S/C14H20N4O6/c19-7-9-11(20)12(21)13(24-9)18-2-1-10(16-14(18)22)15-8-17-3-5-23-6-4-17/h1-2,8-9,11-13,19-21H,3-7H2/b15-8+/t9-,11+,12?,13-/m1/s1. The molecule has 0 bridgehead atoms. The smallest absolute Gasteiger partial charge is 0.351 e. The normalized spacial score (nSPS) is 31.0. The van der Waals surface area contributed by atoms with Gasteiger partial charge >= 0.3 is 5.69 Å². The molecule has 2 saturated heterocycles. The zero-order valence-electron chi connectivity index (χ0n) is 12.9. The van der Waals surface area contributed by atoms with E-state index in [1.165, 1.54) is 12.3 Å². The van der Waals surface area contributed by atoms with E-state index >= 15 is 0 Å². The fraction of sp³-hybridized carbons (Fsp3) is 0.643. The lowest BCUT2D eigenvalue weighted by Gasteiger charge is -2.24. The predicted molar refractivity (Wildman–Crippen MR) is 82.1 cm³/mol. The Bertz CT molecular complexity index is 644. The Labute approximate surface area is 137 Å². The number of aliphatic imine (C=N–C) groups is 1. The van der Waals surface area contributed by atoms with E-state index in [-0.39, 0.29) is 5.82 Å². The molecule has 132 valence electrons. The lowest BCUT2D eigenvalue weighted by atomic mass is 10.1. The van der Waals surface area contributed by atoms with Gasteiger partial charge in [-0.2, -0.15) is 4.98 Å². The molecule has 3 rings (SSSR count). The second-order valence-electron chi connectivity index (χ2n) is 5.60. The quantitative estimate of drug-likeness (QED) is 0.418. The monoisotopic (exact) mass is 340 g/mol. The number of rotatable bonds is 4. The Morgan fingerprint density at radius 1 is 1.33 bits per heavy atom. The fourth-order valence-electron chi connectivity index (χ4n) is 2.61. The van der Waals surface area contributed by atoms with E-state index < -0.39 is 36.8 Å². The summed E-state index contributed by atoms with van der Waals surface area (Å²) in [5.41, 5.74) is -0.665. The van der Waals surface area contributed by atoms with Crippen LogP contribution in [0.25, 0.3) is 0 Å². The number of aromatic nitrogens is 2. The summed E-state index contributed by atoms with van der Waals surface area (Å²) in [6.45, 7) is 2.25. The number of aliphatic hydroxyl groups is 3. The molecule has 2 aliphatic heterocycles. The summed E-state index contributed by atoms with van der Waals surface area (Å²) in [4.78, 5) is 22.1. The maximum absolute atomic E-state index is 12.1. The molecule has 0 aliphatic carbocycles. The van der Waals surface area contributed by atoms with Gasteiger partial charge in [-0.05, 0) is 6.07 Å². The molecule has 0 spiro atoms. The molecule has 0 saturated carbocycles. The molecule has 1 aromatic rings. The van der Waals surface area contributed by atoms with Crippen molar-refractivity contribution in [2.45, 2.75) is 24.5 Å². The van der Waals surface area contributed by atoms with Crippen molar-refractivity contribution >= 4 is 12.2 Å². The number of ether oxygens (including phenoxy) is 2. The van der Waals surface area contributed by atoms with E-state index in [0.29, 0.717) is 13.2 Å². The predicted octanol–water partition coefficient (Wildman–Crippen LogP) is -2.15. The number of aliphatic hydroxyl groups excluding tert-OH is 3. The van der Waals surface area contributed by atoms with Crippen LogP contribution < -0.4 is 5.69 Å². The first kappa shape index (κ1) is 17.0. The third-order valence-electron chi connectivity index (χ3n) is 4.01. The van der Waals surface area contributed by atoms with Crippen LogP contribution in [0.15, 0.2) is 22.1 Å². The molecular formula is C14H20N4O6. The van der Waals surface area contributed by atoms with Gasteiger partial charge in [0.15, 0.2) is 12.0 Å². The summed E-state index contributed by atoms with van der Waals surface area (Å²) in [6.07, 6.45) is -1.65. The molecule has 2 fully saturated rings. The lowest BCUT2D eigenvalue weighted by molar-refractivity contribution is -0.0549. The number of morpholine rings is 1. The topological polar surface area (TPSA) is 130 Å². The molecule has 0 radical (unpaired) electrons. The highest BCUT2D eigenvalue weighted by molar-refractivity contribution is 5.59. The van der Waals surface area contributed by atoms with Crippen molar-refractivity contribution in [2.24, 2.45) is 4.99 Å². The van der Waals surface area contributed by atoms with E-state index in [2.05, 4.69) is 9.98 Å². The van der Waals surface area contributed by atoms with E-state index in [1.54, 1.807) is 6.34 Å². The van der Waals surface area contributed by atoms with E-state index in [1.807, 2.05) is 4.90 Å². The van der Waals surface area contributed by atoms with Crippen LogP contribution >= 0.6 is 0 Å². The van der Waals surface area contributed by atoms with E-state index in [0.717, 1.165) is 17.7 Å². The van der Waals surface area contributed by atoms with Gasteiger partial charge in [-0.15, -0.1) is 0 Å². The van der Waals surface area contributed by atoms with Crippen molar-refractivity contribution < 1.29 is 24.8 Å². The fourth-order valence-corrected chi connectivity index (χ4v) is 2.61. The summed E-state index contributed by atoms with van der Waals surface area (Å²) in [6, 6.07) is 1.51. The van der Waals surface area contributed by atoms with Crippen LogP contribution in [-0.2, 0) is 9.47 Å². The Morgan fingerprint density at radius 3 is 2.71 bits per heavy atom. The molecular weight excluding hydrogens is 320 g/mol. The first-order chi connectivity index (χ1) is 11.6.